The minimum atomic E-state index is -0.262. The average Bonchev–Trinajstić information content (AvgIpc) is 2.87. The van der Waals surface area contributed by atoms with E-state index in [0.29, 0.717) is 22.3 Å². The van der Waals surface area contributed by atoms with Gasteiger partial charge in [-0.2, -0.15) is 0 Å². The van der Waals surface area contributed by atoms with Gasteiger partial charge in [0.2, 0.25) is 0 Å². The molecule has 0 saturated carbocycles. The van der Waals surface area contributed by atoms with Gasteiger partial charge >= 0.3 is 5.69 Å². The number of benzene rings is 2. The number of aromatic amines is 2. The van der Waals surface area contributed by atoms with Gasteiger partial charge in [0.25, 0.3) is 5.91 Å². The van der Waals surface area contributed by atoms with Crippen molar-refractivity contribution in [2.24, 2.45) is 0 Å². The number of nitrogens with one attached hydrogen (secondary N) is 3. The maximum Gasteiger partial charge on any atom is 0.323 e. The number of carbonyl (C=O) groups excluding carboxylic acids is 1. The molecule has 22 heavy (non-hydrogen) atoms. The Morgan fingerprint density at radius 2 is 1.86 bits per heavy atom. The molecule has 1 aromatic heterocycles. The summed E-state index contributed by atoms with van der Waals surface area (Å²) in [6.07, 6.45) is 1.97. The van der Waals surface area contributed by atoms with Gasteiger partial charge in [0.15, 0.2) is 0 Å². The summed E-state index contributed by atoms with van der Waals surface area (Å²) in [7, 11) is 0. The monoisotopic (exact) mass is 313 g/mol. The molecule has 0 spiro atoms. The topological polar surface area (TPSA) is 77.8 Å². The summed E-state index contributed by atoms with van der Waals surface area (Å²) in [5.41, 5.74) is 3.32. The fraction of sp³-hybridized carbons (Fsp3) is 0.125. The highest BCUT2D eigenvalue weighted by atomic mass is 32.2. The molecule has 0 saturated heterocycles. The minimum Gasteiger partial charge on any atom is -0.322 e. The Hall–Kier alpha value is -2.47. The summed E-state index contributed by atoms with van der Waals surface area (Å²) < 4.78 is 0. The maximum atomic E-state index is 12.4. The van der Waals surface area contributed by atoms with Crippen molar-refractivity contribution in [1.29, 1.82) is 0 Å². The van der Waals surface area contributed by atoms with Crippen LogP contribution in [0.15, 0.2) is 46.1 Å². The average molecular weight is 313 g/mol. The van der Waals surface area contributed by atoms with Crippen molar-refractivity contribution in [3.63, 3.8) is 0 Å². The summed E-state index contributed by atoms with van der Waals surface area (Å²) in [5.74, 6) is -0.161. The van der Waals surface area contributed by atoms with Crippen molar-refractivity contribution in [2.45, 2.75) is 11.8 Å². The van der Waals surface area contributed by atoms with Crippen molar-refractivity contribution in [3.8, 4) is 0 Å². The largest absolute Gasteiger partial charge is 0.323 e. The molecule has 112 valence electrons. The van der Waals surface area contributed by atoms with Gasteiger partial charge in [-0.05, 0) is 49.1 Å². The summed E-state index contributed by atoms with van der Waals surface area (Å²) in [4.78, 5) is 30.1. The molecule has 5 nitrogen and oxygen atoms in total. The minimum absolute atomic E-state index is 0.161. The Bertz CT molecular complexity index is 911. The highest BCUT2D eigenvalue weighted by molar-refractivity contribution is 7.98. The number of thioether (sulfide) groups is 1. The smallest absolute Gasteiger partial charge is 0.322 e. The Morgan fingerprint density at radius 3 is 2.64 bits per heavy atom. The first-order valence-corrected chi connectivity index (χ1v) is 7.97. The number of aryl methyl sites for hydroxylation is 1. The second-order valence-electron chi connectivity index (χ2n) is 4.97. The lowest BCUT2D eigenvalue weighted by atomic mass is 10.1. The van der Waals surface area contributed by atoms with Gasteiger partial charge in [0.1, 0.15) is 0 Å². The fourth-order valence-corrected chi connectivity index (χ4v) is 2.72. The zero-order valence-electron chi connectivity index (χ0n) is 12.2. The highest BCUT2D eigenvalue weighted by Gasteiger charge is 2.11. The molecule has 3 aromatic rings. The zero-order chi connectivity index (χ0) is 15.7. The molecule has 2 aromatic carbocycles. The van der Waals surface area contributed by atoms with E-state index in [9.17, 15) is 9.59 Å². The van der Waals surface area contributed by atoms with E-state index in [4.69, 9.17) is 0 Å². The Balaban J connectivity index is 1.90. The van der Waals surface area contributed by atoms with Gasteiger partial charge in [0, 0.05) is 16.1 Å². The van der Waals surface area contributed by atoms with Crippen molar-refractivity contribution < 1.29 is 4.79 Å². The van der Waals surface area contributed by atoms with Crippen LogP contribution in [0.3, 0.4) is 0 Å². The molecule has 0 aliphatic rings. The third-order valence-corrected chi connectivity index (χ3v) is 4.19. The number of fused-ring (bicyclic) bond motifs is 1. The van der Waals surface area contributed by atoms with Crippen LogP contribution >= 0.6 is 11.8 Å². The molecular weight excluding hydrogens is 298 g/mol. The first-order chi connectivity index (χ1) is 10.6. The van der Waals surface area contributed by atoms with E-state index < -0.39 is 0 Å². The number of anilines is 1. The molecule has 1 amide bonds. The molecule has 0 fully saturated rings. The number of amides is 1. The second-order valence-corrected chi connectivity index (χ2v) is 5.85. The predicted octanol–water partition coefficient (Wildman–Crippen LogP) is 3.14. The molecule has 0 unspecified atom stereocenters. The number of aromatic nitrogens is 2. The van der Waals surface area contributed by atoms with Crippen LogP contribution in [0.25, 0.3) is 11.0 Å². The first-order valence-electron chi connectivity index (χ1n) is 6.75. The second kappa shape index (κ2) is 5.73. The zero-order valence-corrected chi connectivity index (χ0v) is 13.0. The van der Waals surface area contributed by atoms with E-state index in [0.717, 1.165) is 10.5 Å². The summed E-state index contributed by atoms with van der Waals surface area (Å²) in [5, 5.41) is 2.87. The lowest BCUT2D eigenvalue weighted by Crippen LogP contribution is -2.13. The third kappa shape index (κ3) is 2.78. The number of hydrogen-bond donors (Lipinski definition) is 3. The van der Waals surface area contributed by atoms with Gasteiger partial charge in [-0.3, -0.25) is 4.79 Å². The van der Waals surface area contributed by atoms with Gasteiger partial charge in [-0.1, -0.05) is 6.07 Å². The van der Waals surface area contributed by atoms with E-state index in [-0.39, 0.29) is 11.6 Å². The highest BCUT2D eigenvalue weighted by Crippen LogP contribution is 2.21. The number of carbonyl (C=O) groups is 1. The quantitative estimate of drug-likeness (QED) is 0.650. The molecule has 0 radical (unpaired) electrons. The number of rotatable bonds is 3. The van der Waals surface area contributed by atoms with E-state index >= 15 is 0 Å². The number of imidazole rings is 1. The Kier molecular flexibility index (Phi) is 3.77. The van der Waals surface area contributed by atoms with Gasteiger partial charge in [-0.15, -0.1) is 11.8 Å². The lowest BCUT2D eigenvalue weighted by molar-refractivity contribution is 0.102. The lowest BCUT2D eigenvalue weighted by Gasteiger charge is -2.09. The van der Waals surface area contributed by atoms with Crippen LogP contribution in [0, 0.1) is 6.92 Å². The predicted molar refractivity (Wildman–Crippen MR) is 89.8 cm³/mol. The SMILES string of the molecule is CSc1ccc(C)c(C(=O)Nc2ccc3[nH]c(=O)[nH]c3c2)c1. The fourth-order valence-electron chi connectivity index (χ4n) is 2.28. The van der Waals surface area contributed by atoms with E-state index in [1.165, 1.54) is 0 Å². The van der Waals surface area contributed by atoms with Gasteiger partial charge in [-0.25, -0.2) is 4.79 Å². The van der Waals surface area contributed by atoms with E-state index in [2.05, 4.69) is 15.3 Å². The van der Waals surface area contributed by atoms with E-state index in [1.807, 2.05) is 31.4 Å². The Morgan fingerprint density at radius 1 is 1.09 bits per heavy atom. The normalized spacial score (nSPS) is 10.8. The maximum absolute atomic E-state index is 12.4. The Labute approximate surface area is 131 Å². The van der Waals surface area contributed by atoms with Crippen LogP contribution in [0.5, 0.6) is 0 Å². The van der Waals surface area contributed by atoms with Crippen LogP contribution in [0.2, 0.25) is 0 Å². The summed E-state index contributed by atoms with van der Waals surface area (Å²) in [6.45, 7) is 1.91. The molecule has 3 N–H and O–H groups in total. The van der Waals surface area contributed by atoms with Gasteiger partial charge in [0.05, 0.1) is 11.0 Å². The summed E-state index contributed by atoms with van der Waals surface area (Å²) >= 11 is 1.60. The molecule has 0 aliphatic carbocycles. The molecule has 0 atom stereocenters. The molecule has 6 heteroatoms. The number of H-pyrrole nitrogens is 2. The molecule has 1 heterocycles. The molecular formula is C16H15N3O2S. The van der Waals surface area contributed by atoms with Crippen LogP contribution in [0.4, 0.5) is 5.69 Å². The molecule has 3 rings (SSSR count). The van der Waals surface area contributed by atoms with Crippen molar-refractivity contribution in [1.82, 2.24) is 9.97 Å². The van der Waals surface area contributed by atoms with Crippen molar-refractivity contribution in [3.05, 3.63) is 58.0 Å². The van der Waals surface area contributed by atoms with Crippen LogP contribution in [-0.2, 0) is 0 Å². The molecule has 0 aliphatic heterocycles. The van der Waals surface area contributed by atoms with Crippen LogP contribution in [0.1, 0.15) is 15.9 Å². The van der Waals surface area contributed by atoms with Crippen molar-refractivity contribution in [2.75, 3.05) is 11.6 Å². The summed E-state index contributed by atoms with van der Waals surface area (Å²) in [6, 6.07) is 11.1. The van der Waals surface area contributed by atoms with Gasteiger partial charge < -0.3 is 15.3 Å². The molecule has 0 bridgehead atoms. The van der Waals surface area contributed by atoms with Crippen molar-refractivity contribution >= 4 is 34.4 Å². The number of hydrogen-bond acceptors (Lipinski definition) is 3. The van der Waals surface area contributed by atoms with Crippen LogP contribution in [-0.4, -0.2) is 22.1 Å². The standard InChI is InChI=1S/C16H15N3O2S/c1-9-3-5-11(22-2)8-12(9)15(20)17-10-4-6-13-14(7-10)19-16(21)18-13/h3-8H,1-2H3,(H,17,20)(H2,18,19,21). The van der Waals surface area contributed by atoms with E-state index in [1.54, 1.807) is 30.0 Å². The third-order valence-electron chi connectivity index (χ3n) is 3.46. The van der Waals surface area contributed by atoms with Crippen LogP contribution < -0.4 is 11.0 Å². The first kappa shape index (κ1) is 14.5.